The molecule has 5 heteroatoms. The number of hydrogen-bond acceptors (Lipinski definition) is 5. The van der Waals surface area contributed by atoms with Gasteiger partial charge >= 0.3 is 0 Å². The molecular formula is C16H26N2O3. The van der Waals surface area contributed by atoms with Gasteiger partial charge in [-0.3, -0.25) is 0 Å². The minimum atomic E-state index is 0.465. The van der Waals surface area contributed by atoms with Crippen molar-refractivity contribution < 1.29 is 14.2 Å². The molecule has 1 heterocycles. The molecule has 0 bridgehead atoms. The van der Waals surface area contributed by atoms with Crippen LogP contribution < -0.4 is 24.4 Å². The second-order valence-corrected chi connectivity index (χ2v) is 5.41. The SMILES string of the molecule is CCC1CNC(C)CN1c1cc(OC)c(OC)c(OC)c1. The third kappa shape index (κ3) is 3.18. The number of hydrogen-bond donors (Lipinski definition) is 1. The van der Waals surface area contributed by atoms with Crippen LogP contribution >= 0.6 is 0 Å². The van der Waals surface area contributed by atoms with Crippen molar-refractivity contribution in [2.24, 2.45) is 0 Å². The van der Waals surface area contributed by atoms with Gasteiger partial charge in [-0.25, -0.2) is 0 Å². The van der Waals surface area contributed by atoms with Gasteiger partial charge in [0, 0.05) is 43.0 Å². The van der Waals surface area contributed by atoms with Gasteiger partial charge in [-0.05, 0) is 13.3 Å². The summed E-state index contributed by atoms with van der Waals surface area (Å²) >= 11 is 0. The molecule has 0 saturated carbocycles. The number of ether oxygens (including phenoxy) is 3. The Bertz CT molecular complexity index is 454. The Labute approximate surface area is 127 Å². The second kappa shape index (κ2) is 6.89. The van der Waals surface area contributed by atoms with E-state index < -0.39 is 0 Å². The lowest BCUT2D eigenvalue weighted by atomic mass is 10.1. The molecule has 1 fully saturated rings. The summed E-state index contributed by atoms with van der Waals surface area (Å²) in [6, 6.07) is 5.00. The number of anilines is 1. The van der Waals surface area contributed by atoms with E-state index in [0.717, 1.165) is 25.2 Å². The molecule has 1 aliphatic heterocycles. The van der Waals surface area contributed by atoms with Gasteiger partial charge in [-0.15, -0.1) is 0 Å². The van der Waals surface area contributed by atoms with Crippen LogP contribution in [-0.4, -0.2) is 46.5 Å². The number of nitrogens with one attached hydrogen (secondary N) is 1. The van der Waals surface area contributed by atoms with E-state index in [0.29, 0.717) is 29.3 Å². The van der Waals surface area contributed by atoms with E-state index in [1.54, 1.807) is 21.3 Å². The van der Waals surface area contributed by atoms with Crippen LogP contribution in [0.3, 0.4) is 0 Å². The van der Waals surface area contributed by atoms with Crippen molar-refractivity contribution in [2.45, 2.75) is 32.4 Å². The lowest BCUT2D eigenvalue weighted by Crippen LogP contribution is -2.55. The van der Waals surface area contributed by atoms with Gasteiger partial charge in [0.05, 0.1) is 21.3 Å². The normalized spacial score (nSPS) is 22.0. The molecule has 5 nitrogen and oxygen atoms in total. The van der Waals surface area contributed by atoms with Gasteiger partial charge in [0.25, 0.3) is 0 Å². The maximum atomic E-state index is 5.46. The van der Waals surface area contributed by atoms with Crippen molar-refractivity contribution in [3.05, 3.63) is 12.1 Å². The first-order valence-corrected chi connectivity index (χ1v) is 7.44. The molecule has 1 N–H and O–H groups in total. The van der Waals surface area contributed by atoms with Crippen molar-refractivity contribution in [1.82, 2.24) is 5.32 Å². The van der Waals surface area contributed by atoms with Crippen molar-refractivity contribution in [3.8, 4) is 17.2 Å². The van der Waals surface area contributed by atoms with Crippen molar-refractivity contribution in [3.63, 3.8) is 0 Å². The first-order chi connectivity index (χ1) is 10.1. The monoisotopic (exact) mass is 294 g/mol. The van der Waals surface area contributed by atoms with Gasteiger partial charge in [0.15, 0.2) is 11.5 Å². The quantitative estimate of drug-likeness (QED) is 0.902. The van der Waals surface area contributed by atoms with Crippen LogP contribution in [0.1, 0.15) is 20.3 Å². The highest BCUT2D eigenvalue weighted by molar-refractivity contribution is 5.64. The Kier molecular flexibility index (Phi) is 5.17. The number of methoxy groups -OCH3 is 3. The summed E-state index contributed by atoms with van der Waals surface area (Å²) in [5.41, 5.74) is 1.12. The maximum Gasteiger partial charge on any atom is 0.203 e. The highest BCUT2D eigenvalue weighted by atomic mass is 16.5. The molecule has 21 heavy (non-hydrogen) atoms. The highest BCUT2D eigenvalue weighted by Crippen LogP contribution is 2.41. The maximum absolute atomic E-state index is 5.46. The van der Waals surface area contributed by atoms with Gasteiger partial charge in [0.2, 0.25) is 5.75 Å². The summed E-state index contributed by atoms with van der Waals surface area (Å²) in [5, 5.41) is 3.53. The van der Waals surface area contributed by atoms with Gasteiger partial charge in [-0.2, -0.15) is 0 Å². The fraction of sp³-hybridized carbons (Fsp3) is 0.625. The summed E-state index contributed by atoms with van der Waals surface area (Å²) in [7, 11) is 4.93. The molecule has 2 atom stereocenters. The summed E-state index contributed by atoms with van der Waals surface area (Å²) < 4.78 is 16.3. The molecule has 0 amide bonds. The number of nitrogens with zero attached hydrogens (tertiary/aromatic N) is 1. The Hall–Kier alpha value is -1.62. The topological polar surface area (TPSA) is 43.0 Å². The lowest BCUT2D eigenvalue weighted by Gasteiger charge is -2.41. The molecule has 1 aliphatic rings. The molecular weight excluding hydrogens is 268 g/mol. The van der Waals surface area contributed by atoms with Crippen molar-refractivity contribution in [1.29, 1.82) is 0 Å². The highest BCUT2D eigenvalue weighted by Gasteiger charge is 2.26. The standard InChI is InChI=1S/C16H26N2O3/c1-6-12-9-17-11(2)10-18(12)13-7-14(19-3)16(21-5)15(8-13)20-4/h7-8,11-12,17H,6,9-10H2,1-5H3. The van der Waals surface area contributed by atoms with E-state index >= 15 is 0 Å². The third-order valence-electron chi connectivity index (χ3n) is 4.07. The lowest BCUT2D eigenvalue weighted by molar-refractivity contribution is 0.323. The first kappa shape index (κ1) is 15.8. The van der Waals surface area contributed by atoms with Gasteiger partial charge in [0.1, 0.15) is 0 Å². The molecule has 1 saturated heterocycles. The average molecular weight is 294 g/mol. The van der Waals surface area contributed by atoms with E-state index in [-0.39, 0.29) is 0 Å². The van der Waals surface area contributed by atoms with Gasteiger partial charge < -0.3 is 24.4 Å². The summed E-state index contributed by atoms with van der Waals surface area (Å²) in [6.07, 6.45) is 1.09. The molecule has 2 unspecified atom stereocenters. The van der Waals surface area contributed by atoms with Crippen LogP contribution in [0, 0.1) is 0 Å². The number of benzene rings is 1. The molecule has 1 aromatic carbocycles. The van der Waals surface area contributed by atoms with Gasteiger partial charge in [-0.1, -0.05) is 6.92 Å². The fourth-order valence-corrected chi connectivity index (χ4v) is 2.87. The Morgan fingerprint density at radius 1 is 1.14 bits per heavy atom. The zero-order valence-electron chi connectivity index (χ0n) is 13.6. The van der Waals surface area contributed by atoms with Crippen LogP contribution in [0.4, 0.5) is 5.69 Å². The van der Waals surface area contributed by atoms with Crippen LogP contribution in [0.15, 0.2) is 12.1 Å². The number of rotatable bonds is 5. The average Bonchev–Trinajstić information content (AvgIpc) is 2.53. The molecule has 2 rings (SSSR count). The summed E-state index contributed by atoms with van der Waals surface area (Å²) in [4.78, 5) is 2.42. The predicted molar refractivity (Wildman–Crippen MR) is 85.0 cm³/mol. The molecule has 118 valence electrons. The first-order valence-electron chi connectivity index (χ1n) is 7.44. The van der Waals surface area contributed by atoms with E-state index in [1.807, 2.05) is 12.1 Å². The molecule has 0 aliphatic carbocycles. The van der Waals surface area contributed by atoms with Crippen LogP contribution in [0.2, 0.25) is 0 Å². The summed E-state index contributed by atoms with van der Waals surface area (Å²) in [5.74, 6) is 2.04. The minimum absolute atomic E-state index is 0.465. The van der Waals surface area contributed by atoms with Crippen LogP contribution in [-0.2, 0) is 0 Å². The van der Waals surface area contributed by atoms with E-state index in [2.05, 4.69) is 24.1 Å². The zero-order valence-corrected chi connectivity index (χ0v) is 13.6. The van der Waals surface area contributed by atoms with Crippen LogP contribution in [0.25, 0.3) is 0 Å². The van der Waals surface area contributed by atoms with E-state index in [4.69, 9.17) is 14.2 Å². The predicted octanol–water partition coefficient (Wildman–Crippen LogP) is 2.29. The molecule has 0 spiro atoms. The van der Waals surface area contributed by atoms with Crippen molar-refractivity contribution in [2.75, 3.05) is 39.3 Å². The smallest absolute Gasteiger partial charge is 0.203 e. The zero-order chi connectivity index (χ0) is 15.4. The number of piperazine rings is 1. The minimum Gasteiger partial charge on any atom is -0.493 e. The summed E-state index contributed by atoms with van der Waals surface area (Å²) in [6.45, 7) is 6.38. The Balaban J connectivity index is 2.41. The van der Waals surface area contributed by atoms with E-state index in [1.165, 1.54) is 0 Å². The van der Waals surface area contributed by atoms with E-state index in [9.17, 15) is 0 Å². The molecule has 1 aromatic rings. The Morgan fingerprint density at radius 2 is 1.76 bits per heavy atom. The third-order valence-corrected chi connectivity index (χ3v) is 4.07. The molecule has 0 aromatic heterocycles. The molecule has 0 radical (unpaired) electrons. The fourth-order valence-electron chi connectivity index (χ4n) is 2.87. The van der Waals surface area contributed by atoms with Crippen molar-refractivity contribution >= 4 is 5.69 Å². The largest absolute Gasteiger partial charge is 0.493 e. The van der Waals surface area contributed by atoms with Crippen LogP contribution in [0.5, 0.6) is 17.2 Å². The second-order valence-electron chi connectivity index (χ2n) is 5.41. The Morgan fingerprint density at radius 3 is 2.24 bits per heavy atom.